The van der Waals surface area contributed by atoms with Crippen LogP contribution in [0.15, 0.2) is 97.2 Å². The smallest absolute Gasteiger partial charge is 0.0963 e. The highest BCUT2D eigenvalue weighted by atomic mass is 15.3. The molecular weight excluding hydrogens is 308 g/mol. The van der Waals surface area contributed by atoms with Crippen LogP contribution in [0.3, 0.4) is 0 Å². The monoisotopic (exact) mass is 324 g/mol. The second-order valence-electron chi connectivity index (χ2n) is 5.56. The van der Waals surface area contributed by atoms with Crippen LogP contribution in [0.1, 0.15) is 0 Å². The van der Waals surface area contributed by atoms with E-state index in [1.807, 2.05) is 42.5 Å². The molecule has 25 heavy (non-hydrogen) atoms. The van der Waals surface area contributed by atoms with Gasteiger partial charge in [0.15, 0.2) is 0 Å². The van der Waals surface area contributed by atoms with Crippen molar-refractivity contribution in [3.8, 4) is 11.3 Å². The van der Waals surface area contributed by atoms with E-state index in [4.69, 9.17) is 0 Å². The molecule has 0 saturated carbocycles. The summed E-state index contributed by atoms with van der Waals surface area (Å²) in [4.78, 5) is 2.22. The normalized spacial score (nSPS) is 10.4. The Hall–Kier alpha value is -3.53. The highest BCUT2D eigenvalue weighted by molar-refractivity contribution is 5.77. The third kappa shape index (κ3) is 3.23. The molecule has 0 bridgehead atoms. The summed E-state index contributed by atoms with van der Waals surface area (Å²) in [5, 5.41) is 11.5. The minimum absolute atomic E-state index is 0.813. The number of nitrogens with zero attached hydrogens (tertiary/aromatic N) is 4. The van der Waals surface area contributed by atoms with E-state index in [-0.39, 0.29) is 0 Å². The Balaban J connectivity index is 1.75. The summed E-state index contributed by atoms with van der Waals surface area (Å²) in [5.74, 6) is 0. The van der Waals surface area contributed by atoms with Crippen molar-refractivity contribution in [3.63, 3.8) is 0 Å². The van der Waals surface area contributed by atoms with Gasteiger partial charge in [-0.25, -0.2) is 0 Å². The van der Waals surface area contributed by atoms with Crippen molar-refractivity contribution in [2.75, 3.05) is 4.90 Å². The number of benzene rings is 3. The van der Waals surface area contributed by atoms with E-state index >= 15 is 0 Å². The van der Waals surface area contributed by atoms with Crippen LogP contribution in [0.2, 0.25) is 0 Å². The molecule has 120 valence electrons. The molecule has 1 heterocycles. The number of anilines is 3. The van der Waals surface area contributed by atoms with E-state index in [0.717, 1.165) is 28.3 Å². The summed E-state index contributed by atoms with van der Waals surface area (Å²) in [6, 6.07) is 30.8. The molecule has 4 aromatic rings. The van der Waals surface area contributed by atoms with Crippen molar-refractivity contribution in [2.45, 2.75) is 0 Å². The molecule has 4 rings (SSSR count). The lowest BCUT2D eigenvalue weighted by Gasteiger charge is -2.25. The van der Waals surface area contributed by atoms with Crippen LogP contribution in [0.25, 0.3) is 11.3 Å². The number of para-hydroxylation sites is 2. The maximum absolute atomic E-state index is 4.07. The van der Waals surface area contributed by atoms with Crippen LogP contribution < -0.4 is 4.90 Å². The molecule has 0 spiro atoms. The van der Waals surface area contributed by atoms with E-state index in [9.17, 15) is 0 Å². The average Bonchev–Trinajstić information content (AvgIpc) is 2.71. The lowest BCUT2D eigenvalue weighted by atomic mass is 10.1. The standard InChI is InChI=1S/C21H16N4/c1-3-7-18(8-4-1)25(19-9-5-2-6-10-19)20-13-11-17(12-14-20)21-15-16-22-24-23-21/h1-16H. The highest BCUT2D eigenvalue weighted by Crippen LogP contribution is 2.34. The van der Waals surface area contributed by atoms with Crippen molar-refractivity contribution < 1.29 is 0 Å². The third-order valence-corrected chi connectivity index (χ3v) is 3.95. The van der Waals surface area contributed by atoms with E-state index in [1.165, 1.54) is 0 Å². The fraction of sp³-hybridized carbons (Fsp3) is 0. The van der Waals surface area contributed by atoms with E-state index < -0.39 is 0 Å². The van der Waals surface area contributed by atoms with Gasteiger partial charge in [0.25, 0.3) is 0 Å². The first kappa shape index (κ1) is 15.0. The van der Waals surface area contributed by atoms with Gasteiger partial charge in [-0.3, -0.25) is 0 Å². The van der Waals surface area contributed by atoms with Crippen LogP contribution >= 0.6 is 0 Å². The molecule has 0 unspecified atom stereocenters. The summed E-state index contributed by atoms with van der Waals surface area (Å²) in [6.07, 6.45) is 1.65. The maximum Gasteiger partial charge on any atom is 0.0963 e. The third-order valence-electron chi connectivity index (χ3n) is 3.95. The summed E-state index contributed by atoms with van der Waals surface area (Å²) < 4.78 is 0. The van der Waals surface area contributed by atoms with Gasteiger partial charge in [-0.15, -0.1) is 10.2 Å². The quantitative estimate of drug-likeness (QED) is 0.529. The highest BCUT2D eigenvalue weighted by Gasteiger charge is 2.11. The number of hydrogen-bond acceptors (Lipinski definition) is 4. The summed E-state index contributed by atoms with van der Waals surface area (Å²) in [7, 11) is 0. The molecule has 1 aromatic heterocycles. The number of rotatable bonds is 4. The molecule has 0 saturated heterocycles. The van der Waals surface area contributed by atoms with Gasteiger partial charge in [0.1, 0.15) is 0 Å². The zero-order valence-electron chi connectivity index (χ0n) is 13.5. The first-order valence-electron chi connectivity index (χ1n) is 8.07. The first-order valence-corrected chi connectivity index (χ1v) is 8.07. The van der Waals surface area contributed by atoms with E-state index in [1.54, 1.807) is 6.20 Å². The lowest BCUT2D eigenvalue weighted by Crippen LogP contribution is -2.09. The van der Waals surface area contributed by atoms with Crippen molar-refractivity contribution in [3.05, 3.63) is 97.2 Å². The Kier molecular flexibility index (Phi) is 4.16. The molecule has 0 atom stereocenters. The first-order chi connectivity index (χ1) is 12.4. The van der Waals surface area contributed by atoms with Gasteiger partial charge < -0.3 is 4.90 Å². The largest absolute Gasteiger partial charge is 0.311 e. The topological polar surface area (TPSA) is 41.9 Å². The van der Waals surface area contributed by atoms with Crippen molar-refractivity contribution in [1.29, 1.82) is 0 Å². The summed E-state index contributed by atoms with van der Waals surface area (Å²) >= 11 is 0. The molecular formula is C21H16N4. The van der Waals surface area contributed by atoms with Gasteiger partial charge >= 0.3 is 0 Å². The van der Waals surface area contributed by atoms with E-state index in [2.05, 4.69) is 68.8 Å². The minimum Gasteiger partial charge on any atom is -0.311 e. The van der Waals surface area contributed by atoms with Crippen LogP contribution in [0, 0.1) is 0 Å². The molecule has 3 aromatic carbocycles. The molecule has 0 N–H and O–H groups in total. The Labute approximate surface area is 146 Å². The van der Waals surface area contributed by atoms with Gasteiger partial charge in [-0.05, 0) is 47.7 Å². The van der Waals surface area contributed by atoms with Gasteiger partial charge in [0, 0.05) is 22.6 Å². The fourth-order valence-electron chi connectivity index (χ4n) is 2.78. The molecule has 0 aliphatic heterocycles. The maximum atomic E-state index is 4.07. The van der Waals surface area contributed by atoms with Gasteiger partial charge in [0.2, 0.25) is 0 Å². The van der Waals surface area contributed by atoms with Crippen molar-refractivity contribution in [2.24, 2.45) is 0 Å². The Bertz CT molecular complexity index is 884. The molecule has 4 nitrogen and oxygen atoms in total. The molecule has 0 amide bonds. The molecule has 0 radical (unpaired) electrons. The van der Waals surface area contributed by atoms with Crippen LogP contribution in [-0.2, 0) is 0 Å². The average molecular weight is 324 g/mol. The fourth-order valence-corrected chi connectivity index (χ4v) is 2.78. The zero-order chi connectivity index (χ0) is 16.9. The lowest BCUT2D eigenvalue weighted by molar-refractivity contribution is 0.870. The van der Waals surface area contributed by atoms with Crippen LogP contribution in [0.4, 0.5) is 17.1 Å². The minimum atomic E-state index is 0.813. The molecule has 0 fully saturated rings. The second-order valence-corrected chi connectivity index (χ2v) is 5.56. The SMILES string of the molecule is c1ccc(N(c2ccccc2)c2ccc(-c3ccnnn3)cc2)cc1. The van der Waals surface area contributed by atoms with E-state index in [0.29, 0.717) is 0 Å². The van der Waals surface area contributed by atoms with Gasteiger partial charge in [-0.1, -0.05) is 48.5 Å². The molecule has 0 aliphatic carbocycles. The van der Waals surface area contributed by atoms with Crippen molar-refractivity contribution >= 4 is 17.1 Å². The van der Waals surface area contributed by atoms with Gasteiger partial charge in [0.05, 0.1) is 11.9 Å². The Morgan fingerprint density at radius 1 is 0.560 bits per heavy atom. The zero-order valence-corrected chi connectivity index (χ0v) is 13.5. The predicted octanol–water partition coefficient (Wildman–Crippen LogP) is 5.01. The summed E-state index contributed by atoms with van der Waals surface area (Å²) in [6.45, 7) is 0. The predicted molar refractivity (Wildman–Crippen MR) is 99.9 cm³/mol. The Morgan fingerprint density at radius 3 is 1.64 bits per heavy atom. The van der Waals surface area contributed by atoms with Crippen LogP contribution in [-0.4, -0.2) is 15.4 Å². The van der Waals surface area contributed by atoms with Crippen LogP contribution in [0.5, 0.6) is 0 Å². The number of aromatic nitrogens is 3. The number of hydrogen-bond donors (Lipinski definition) is 0. The Morgan fingerprint density at radius 2 is 1.12 bits per heavy atom. The van der Waals surface area contributed by atoms with Gasteiger partial charge in [-0.2, -0.15) is 0 Å². The molecule has 0 aliphatic rings. The van der Waals surface area contributed by atoms with Crippen molar-refractivity contribution in [1.82, 2.24) is 15.4 Å². The molecule has 4 heteroatoms. The second kappa shape index (κ2) is 6.93. The summed E-state index contributed by atoms with van der Waals surface area (Å²) in [5.41, 5.74) is 5.14.